The number of nitrogens with zero attached hydrogens (tertiary/aromatic N) is 1. The summed E-state index contributed by atoms with van der Waals surface area (Å²) in [7, 11) is 0. The number of benzene rings is 1. The Hall–Kier alpha value is -1.39. The Labute approximate surface area is 126 Å². The van der Waals surface area contributed by atoms with Gasteiger partial charge in [-0.2, -0.15) is 0 Å². The van der Waals surface area contributed by atoms with Gasteiger partial charge in [-0.3, -0.25) is 4.79 Å². The molecule has 1 aromatic carbocycles. The fourth-order valence-electron chi connectivity index (χ4n) is 3.01. The Morgan fingerprint density at radius 1 is 1.29 bits per heavy atom. The first-order valence-corrected chi connectivity index (χ1v) is 8.05. The van der Waals surface area contributed by atoms with Gasteiger partial charge in [0, 0.05) is 18.3 Å². The Morgan fingerprint density at radius 2 is 2.05 bits per heavy atom. The third-order valence-corrected chi connectivity index (χ3v) is 4.53. The largest absolute Gasteiger partial charge is 0.325 e. The van der Waals surface area contributed by atoms with E-state index in [0.29, 0.717) is 5.92 Å². The minimum Gasteiger partial charge on any atom is -0.325 e. The van der Waals surface area contributed by atoms with Crippen LogP contribution in [0.25, 0.3) is 0 Å². The summed E-state index contributed by atoms with van der Waals surface area (Å²) in [6, 6.07) is 10.3. The quantitative estimate of drug-likeness (QED) is 0.842. The maximum atomic E-state index is 12.1. The highest BCUT2D eigenvalue weighted by Gasteiger charge is 2.34. The molecular weight excluding hydrogens is 262 g/mol. The van der Waals surface area contributed by atoms with Gasteiger partial charge in [0.15, 0.2) is 0 Å². The smallest absolute Gasteiger partial charge is 0.241 e. The number of carbonyl (C=O) groups is 1. The van der Waals surface area contributed by atoms with Crippen LogP contribution < -0.4 is 10.6 Å². The molecule has 1 aliphatic carbocycles. The maximum Gasteiger partial charge on any atom is 0.241 e. The molecule has 2 N–H and O–H groups in total. The molecule has 1 heterocycles. The van der Waals surface area contributed by atoms with E-state index in [4.69, 9.17) is 0 Å². The Balaban J connectivity index is 1.39. The lowest BCUT2D eigenvalue weighted by Gasteiger charge is -2.18. The molecule has 2 atom stereocenters. The second kappa shape index (κ2) is 6.58. The van der Waals surface area contributed by atoms with E-state index in [1.807, 2.05) is 37.3 Å². The number of likely N-dealkylation sites (tertiary alicyclic amines) is 1. The number of anilines is 1. The minimum absolute atomic E-state index is 0.0400. The molecule has 2 aliphatic rings. The molecule has 4 nitrogen and oxygen atoms in total. The molecule has 114 valence electrons. The number of nitrogens with one attached hydrogen (secondary N) is 2. The number of carbonyl (C=O) groups excluding carboxylic acids is 1. The number of amides is 1. The topological polar surface area (TPSA) is 44.4 Å². The molecule has 0 bridgehead atoms. The summed E-state index contributed by atoms with van der Waals surface area (Å²) in [5, 5.41) is 6.33. The number of hydrogen-bond donors (Lipinski definition) is 2. The molecule has 1 aromatic rings. The summed E-state index contributed by atoms with van der Waals surface area (Å²) in [5.41, 5.74) is 0.858. The second-order valence-electron chi connectivity index (χ2n) is 6.37. The van der Waals surface area contributed by atoms with Crippen molar-refractivity contribution in [3.05, 3.63) is 30.3 Å². The highest BCUT2D eigenvalue weighted by molar-refractivity contribution is 5.94. The Bertz CT molecular complexity index is 472. The summed E-state index contributed by atoms with van der Waals surface area (Å²) >= 11 is 0. The van der Waals surface area contributed by atoms with Gasteiger partial charge >= 0.3 is 0 Å². The maximum absolute atomic E-state index is 12.1. The predicted octanol–water partition coefficient (Wildman–Crippen LogP) is 2.09. The van der Waals surface area contributed by atoms with Crippen molar-refractivity contribution in [3.8, 4) is 0 Å². The average molecular weight is 287 g/mol. The monoisotopic (exact) mass is 287 g/mol. The first kappa shape index (κ1) is 14.5. The van der Waals surface area contributed by atoms with Crippen LogP contribution in [0, 0.1) is 5.92 Å². The van der Waals surface area contributed by atoms with E-state index in [2.05, 4.69) is 15.5 Å². The van der Waals surface area contributed by atoms with Crippen LogP contribution in [0.5, 0.6) is 0 Å². The van der Waals surface area contributed by atoms with Crippen LogP contribution in [0.4, 0.5) is 5.69 Å². The molecule has 0 aromatic heterocycles. The van der Waals surface area contributed by atoms with Gasteiger partial charge in [-0.1, -0.05) is 18.2 Å². The van der Waals surface area contributed by atoms with Crippen molar-refractivity contribution in [2.75, 3.05) is 25.0 Å². The van der Waals surface area contributed by atoms with Crippen LogP contribution >= 0.6 is 0 Å². The van der Waals surface area contributed by atoms with Crippen LogP contribution in [0.2, 0.25) is 0 Å². The van der Waals surface area contributed by atoms with Gasteiger partial charge in [0.1, 0.15) is 0 Å². The molecule has 1 saturated heterocycles. The summed E-state index contributed by atoms with van der Waals surface area (Å²) in [6.45, 7) is 5.31. The Kier molecular flexibility index (Phi) is 4.56. The molecule has 2 unspecified atom stereocenters. The molecular formula is C17H25N3O. The zero-order valence-corrected chi connectivity index (χ0v) is 12.7. The first-order valence-electron chi connectivity index (χ1n) is 8.05. The molecule has 1 aliphatic heterocycles. The fraction of sp³-hybridized carbons (Fsp3) is 0.588. The predicted molar refractivity (Wildman–Crippen MR) is 85.2 cm³/mol. The van der Waals surface area contributed by atoms with E-state index in [9.17, 15) is 4.79 Å². The van der Waals surface area contributed by atoms with Crippen molar-refractivity contribution in [3.63, 3.8) is 0 Å². The van der Waals surface area contributed by atoms with E-state index in [1.54, 1.807) is 0 Å². The van der Waals surface area contributed by atoms with Crippen molar-refractivity contribution in [2.45, 2.75) is 38.3 Å². The van der Waals surface area contributed by atoms with Crippen molar-refractivity contribution >= 4 is 11.6 Å². The second-order valence-corrected chi connectivity index (χ2v) is 6.37. The lowest BCUT2D eigenvalue weighted by Crippen LogP contribution is -2.41. The summed E-state index contributed by atoms with van der Waals surface area (Å²) in [5.74, 6) is 0.732. The van der Waals surface area contributed by atoms with Crippen LogP contribution in [-0.4, -0.2) is 42.5 Å². The fourth-order valence-corrected chi connectivity index (χ4v) is 3.01. The van der Waals surface area contributed by atoms with Crippen molar-refractivity contribution in [1.29, 1.82) is 0 Å². The molecule has 1 amide bonds. The van der Waals surface area contributed by atoms with Crippen LogP contribution in [0.3, 0.4) is 0 Å². The van der Waals surface area contributed by atoms with Crippen molar-refractivity contribution < 1.29 is 4.79 Å². The third-order valence-electron chi connectivity index (χ3n) is 4.53. The van der Waals surface area contributed by atoms with Crippen LogP contribution in [0.15, 0.2) is 30.3 Å². The minimum atomic E-state index is -0.153. The summed E-state index contributed by atoms with van der Waals surface area (Å²) < 4.78 is 0. The Morgan fingerprint density at radius 3 is 2.76 bits per heavy atom. The van der Waals surface area contributed by atoms with E-state index in [1.165, 1.54) is 32.4 Å². The van der Waals surface area contributed by atoms with Crippen LogP contribution in [-0.2, 0) is 4.79 Å². The van der Waals surface area contributed by atoms with Gasteiger partial charge in [0.2, 0.25) is 5.91 Å². The molecule has 2 fully saturated rings. The van der Waals surface area contributed by atoms with Crippen molar-refractivity contribution in [2.24, 2.45) is 5.92 Å². The van der Waals surface area contributed by atoms with Gasteiger partial charge in [-0.15, -0.1) is 0 Å². The third kappa shape index (κ3) is 4.05. The molecule has 3 rings (SSSR count). The van der Waals surface area contributed by atoms with Gasteiger partial charge in [0.05, 0.1) is 6.04 Å². The standard InChI is InChI=1S/C17H25N3O/c1-13(17(21)19-15-5-3-2-4-6-15)18-11-14-9-10-20(12-14)16-7-8-16/h2-6,13-14,16,18H,7-12H2,1H3,(H,19,21). The molecule has 0 spiro atoms. The molecule has 1 saturated carbocycles. The first-order chi connectivity index (χ1) is 10.2. The van der Waals surface area contributed by atoms with E-state index >= 15 is 0 Å². The van der Waals surface area contributed by atoms with E-state index < -0.39 is 0 Å². The van der Waals surface area contributed by atoms with Gasteiger partial charge < -0.3 is 15.5 Å². The summed E-state index contributed by atoms with van der Waals surface area (Å²) in [4.78, 5) is 14.7. The number of rotatable bonds is 6. The molecule has 21 heavy (non-hydrogen) atoms. The lowest BCUT2D eigenvalue weighted by atomic mass is 10.1. The normalized spacial score (nSPS) is 24.0. The number of para-hydroxylation sites is 1. The molecule has 4 heteroatoms. The van der Waals surface area contributed by atoms with Gasteiger partial charge in [0.25, 0.3) is 0 Å². The number of hydrogen-bond acceptors (Lipinski definition) is 3. The molecule has 0 radical (unpaired) electrons. The van der Waals surface area contributed by atoms with Gasteiger partial charge in [-0.25, -0.2) is 0 Å². The highest BCUT2D eigenvalue weighted by atomic mass is 16.2. The zero-order chi connectivity index (χ0) is 14.7. The zero-order valence-electron chi connectivity index (χ0n) is 12.7. The lowest BCUT2D eigenvalue weighted by molar-refractivity contribution is -0.117. The van der Waals surface area contributed by atoms with Crippen molar-refractivity contribution in [1.82, 2.24) is 10.2 Å². The SMILES string of the molecule is CC(NCC1CCN(C2CC2)C1)C(=O)Nc1ccccc1. The van der Waals surface area contributed by atoms with Gasteiger partial charge in [-0.05, 0) is 57.3 Å². The highest BCUT2D eigenvalue weighted by Crippen LogP contribution is 2.31. The summed E-state index contributed by atoms with van der Waals surface area (Å²) in [6.07, 6.45) is 4.03. The van der Waals surface area contributed by atoms with E-state index in [-0.39, 0.29) is 11.9 Å². The van der Waals surface area contributed by atoms with Crippen LogP contribution in [0.1, 0.15) is 26.2 Å². The average Bonchev–Trinajstić information content (AvgIpc) is 3.25. The van der Waals surface area contributed by atoms with E-state index in [0.717, 1.165) is 18.3 Å².